The normalized spacial score (nSPS) is 11.3. The summed E-state index contributed by atoms with van der Waals surface area (Å²) in [5.74, 6) is 1.49. The summed E-state index contributed by atoms with van der Waals surface area (Å²) in [6.07, 6.45) is 2.43. The predicted molar refractivity (Wildman–Crippen MR) is 132 cm³/mol. The highest BCUT2D eigenvalue weighted by atomic mass is 127. The number of hydrogen-bond donors (Lipinski definition) is 3. The Kier molecular flexibility index (Phi) is 11.4. The third-order valence-electron chi connectivity index (χ3n) is 4.04. The molecule has 164 valence electrons. The van der Waals surface area contributed by atoms with Crippen LogP contribution in [0.3, 0.4) is 0 Å². The minimum atomic E-state index is -3.66. The van der Waals surface area contributed by atoms with E-state index in [-0.39, 0.29) is 28.9 Å². The Morgan fingerprint density at radius 3 is 2.50 bits per heavy atom. The molecule has 2 aromatic carbocycles. The average Bonchev–Trinajstić information content (AvgIpc) is 2.71. The van der Waals surface area contributed by atoms with E-state index in [1.807, 2.05) is 31.2 Å². The van der Waals surface area contributed by atoms with Gasteiger partial charge in [-0.05, 0) is 37.1 Å². The Labute approximate surface area is 195 Å². The number of rotatable bonds is 10. The zero-order chi connectivity index (χ0) is 21.1. The van der Waals surface area contributed by atoms with E-state index < -0.39 is 10.0 Å². The lowest BCUT2D eigenvalue weighted by Crippen LogP contribution is -2.38. The average molecular weight is 544 g/mol. The molecule has 4 N–H and O–H groups in total. The first-order chi connectivity index (χ1) is 13.9. The van der Waals surface area contributed by atoms with Crippen LogP contribution in [0.25, 0.3) is 0 Å². The predicted octanol–water partition coefficient (Wildman–Crippen LogP) is 2.81. The van der Waals surface area contributed by atoms with Crippen molar-refractivity contribution in [3.63, 3.8) is 0 Å². The first-order valence-corrected chi connectivity index (χ1v) is 10.9. The van der Waals surface area contributed by atoms with Gasteiger partial charge in [0.05, 0.1) is 11.4 Å². The van der Waals surface area contributed by atoms with Crippen molar-refractivity contribution in [2.45, 2.75) is 24.8 Å². The monoisotopic (exact) mass is 544 g/mol. The topological polar surface area (TPSA) is 106 Å². The summed E-state index contributed by atoms with van der Waals surface area (Å²) >= 11 is 0. The fraction of sp³-hybridized carbons (Fsp3) is 0.286. The number of aliphatic imine (C=N–C) groups is 1. The highest BCUT2D eigenvalue weighted by molar-refractivity contribution is 14.0. The van der Waals surface area contributed by atoms with Gasteiger partial charge in [0.2, 0.25) is 10.0 Å². The zero-order valence-corrected chi connectivity index (χ0v) is 20.2. The second-order valence-electron chi connectivity index (χ2n) is 6.27. The number of halogens is 1. The molecule has 0 unspecified atom stereocenters. The number of para-hydroxylation sites is 1. The largest absolute Gasteiger partial charge is 0.489 e. The van der Waals surface area contributed by atoms with E-state index in [2.05, 4.69) is 22.2 Å². The summed E-state index contributed by atoms with van der Waals surface area (Å²) in [6, 6.07) is 14.3. The van der Waals surface area contributed by atoms with Gasteiger partial charge in [-0.2, -0.15) is 0 Å². The molecule has 0 bridgehead atoms. The van der Waals surface area contributed by atoms with Crippen molar-refractivity contribution in [3.05, 3.63) is 72.3 Å². The first-order valence-electron chi connectivity index (χ1n) is 9.39. The molecule has 0 spiro atoms. The van der Waals surface area contributed by atoms with Crippen molar-refractivity contribution in [3.8, 4) is 5.75 Å². The Hall–Kier alpha value is -2.11. The number of nitrogens with one attached hydrogen (secondary N) is 2. The summed E-state index contributed by atoms with van der Waals surface area (Å²) in [5, 5.41) is 11.6. The molecule has 2 aromatic rings. The number of hydrogen-bond acceptors (Lipinski definition) is 4. The quantitative estimate of drug-likeness (QED) is 0.185. The molecule has 0 amide bonds. The molecule has 0 fully saturated rings. The Morgan fingerprint density at radius 2 is 1.87 bits per heavy atom. The minimum absolute atomic E-state index is 0. The number of sulfonamides is 1. The molecule has 0 saturated carbocycles. The molecular formula is C21H29IN4O3S. The summed E-state index contributed by atoms with van der Waals surface area (Å²) in [5.41, 5.74) is 1.99. The van der Waals surface area contributed by atoms with Crippen LogP contribution in [0, 0.1) is 0 Å². The maximum absolute atomic E-state index is 11.3. The third-order valence-corrected chi connectivity index (χ3v) is 4.97. The van der Waals surface area contributed by atoms with E-state index in [9.17, 15) is 8.42 Å². The number of ether oxygens (including phenoxy) is 1. The van der Waals surface area contributed by atoms with E-state index in [0.717, 1.165) is 23.4 Å². The van der Waals surface area contributed by atoms with Crippen LogP contribution in [0.5, 0.6) is 5.75 Å². The van der Waals surface area contributed by atoms with Gasteiger partial charge in [-0.25, -0.2) is 18.5 Å². The summed E-state index contributed by atoms with van der Waals surface area (Å²) in [7, 11) is -3.66. The van der Waals surface area contributed by atoms with Crippen molar-refractivity contribution in [1.29, 1.82) is 0 Å². The van der Waals surface area contributed by atoms with Crippen LogP contribution < -0.4 is 20.5 Å². The Morgan fingerprint density at radius 1 is 1.17 bits per heavy atom. The Bertz CT molecular complexity index is 932. The molecule has 2 rings (SSSR count). The van der Waals surface area contributed by atoms with Crippen LogP contribution in [0.4, 0.5) is 0 Å². The molecule has 0 saturated heterocycles. The molecule has 30 heavy (non-hydrogen) atoms. The fourth-order valence-electron chi connectivity index (χ4n) is 2.60. The van der Waals surface area contributed by atoms with Gasteiger partial charge in [-0.1, -0.05) is 43.0 Å². The zero-order valence-electron chi connectivity index (χ0n) is 17.0. The van der Waals surface area contributed by atoms with Crippen LogP contribution in [0.15, 0.2) is 71.1 Å². The summed E-state index contributed by atoms with van der Waals surface area (Å²) < 4.78 is 28.3. The van der Waals surface area contributed by atoms with E-state index >= 15 is 0 Å². The Balaban J connectivity index is 0.00000450. The van der Waals surface area contributed by atoms with Crippen molar-refractivity contribution in [1.82, 2.24) is 10.6 Å². The highest BCUT2D eigenvalue weighted by Gasteiger charge is 2.07. The molecule has 0 radical (unpaired) electrons. The van der Waals surface area contributed by atoms with Gasteiger partial charge in [0.15, 0.2) is 5.96 Å². The van der Waals surface area contributed by atoms with Gasteiger partial charge < -0.3 is 15.4 Å². The number of primary sulfonamides is 1. The summed E-state index contributed by atoms with van der Waals surface area (Å²) in [6.45, 7) is 7.99. The molecule has 0 atom stereocenters. The van der Waals surface area contributed by atoms with E-state index in [1.165, 1.54) is 12.1 Å². The standard InChI is InChI=1S/C21H28N4O3S.HI/c1-3-15-28-20-8-6-5-7-18(20)16-25-21(23-4-2)24-14-13-17-9-11-19(12-10-17)29(22,26)27;/h3,5-12H,1,4,13-16H2,2H3,(H2,22,26,27)(H2,23,24,25);1H. The third kappa shape index (κ3) is 8.72. The molecule has 0 aliphatic rings. The van der Waals surface area contributed by atoms with Gasteiger partial charge in [0, 0.05) is 18.7 Å². The summed E-state index contributed by atoms with van der Waals surface area (Å²) in [4.78, 5) is 4.74. The maximum atomic E-state index is 11.3. The number of benzene rings is 2. The first kappa shape index (κ1) is 25.9. The van der Waals surface area contributed by atoms with E-state index in [1.54, 1.807) is 18.2 Å². The maximum Gasteiger partial charge on any atom is 0.238 e. The SMILES string of the molecule is C=CCOc1ccccc1CN=C(NCC)NCCc1ccc(S(N)(=O)=O)cc1.I. The van der Waals surface area contributed by atoms with E-state index in [4.69, 9.17) is 9.88 Å². The molecule has 9 heteroatoms. The van der Waals surface area contributed by atoms with Crippen molar-refractivity contribution >= 4 is 40.0 Å². The van der Waals surface area contributed by atoms with Crippen molar-refractivity contribution in [2.75, 3.05) is 19.7 Å². The lowest BCUT2D eigenvalue weighted by molar-refractivity contribution is 0.359. The van der Waals surface area contributed by atoms with Crippen LogP contribution in [-0.2, 0) is 23.0 Å². The molecular weight excluding hydrogens is 515 g/mol. The molecule has 0 aliphatic carbocycles. The number of nitrogens with zero attached hydrogens (tertiary/aromatic N) is 1. The van der Waals surface area contributed by atoms with Gasteiger partial charge >= 0.3 is 0 Å². The van der Waals surface area contributed by atoms with Crippen molar-refractivity contribution < 1.29 is 13.2 Å². The van der Waals surface area contributed by atoms with Crippen LogP contribution >= 0.6 is 24.0 Å². The number of guanidine groups is 1. The molecule has 0 heterocycles. The second-order valence-corrected chi connectivity index (χ2v) is 7.83. The van der Waals surface area contributed by atoms with Crippen molar-refractivity contribution in [2.24, 2.45) is 10.1 Å². The lowest BCUT2D eigenvalue weighted by atomic mass is 10.1. The molecule has 7 nitrogen and oxygen atoms in total. The van der Waals surface area contributed by atoms with Crippen LogP contribution in [0.2, 0.25) is 0 Å². The van der Waals surface area contributed by atoms with Gasteiger partial charge in [-0.3, -0.25) is 0 Å². The van der Waals surface area contributed by atoms with Gasteiger partial charge in [0.1, 0.15) is 12.4 Å². The lowest BCUT2D eigenvalue weighted by Gasteiger charge is -2.13. The van der Waals surface area contributed by atoms with Gasteiger partial charge in [-0.15, -0.1) is 24.0 Å². The number of nitrogens with two attached hydrogens (primary N) is 1. The van der Waals surface area contributed by atoms with E-state index in [0.29, 0.717) is 32.1 Å². The highest BCUT2D eigenvalue weighted by Crippen LogP contribution is 2.18. The van der Waals surface area contributed by atoms with Gasteiger partial charge in [0.25, 0.3) is 0 Å². The molecule has 0 aromatic heterocycles. The minimum Gasteiger partial charge on any atom is -0.489 e. The van der Waals surface area contributed by atoms with Crippen LogP contribution in [-0.4, -0.2) is 34.1 Å². The fourth-order valence-corrected chi connectivity index (χ4v) is 3.12. The second kappa shape index (κ2) is 13.2. The molecule has 0 aliphatic heterocycles. The smallest absolute Gasteiger partial charge is 0.238 e. The van der Waals surface area contributed by atoms with Crippen LogP contribution in [0.1, 0.15) is 18.1 Å².